The topological polar surface area (TPSA) is 183 Å². The number of aliphatic carboxylic acids is 1. The van der Waals surface area contributed by atoms with Gasteiger partial charge in [0.15, 0.2) is 0 Å². The van der Waals surface area contributed by atoms with E-state index >= 15 is 0 Å². The van der Waals surface area contributed by atoms with E-state index in [4.69, 9.17) is 33.4 Å². The molecule has 38 heavy (non-hydrogen) atoms. The van der Waals surface area contributed by atoms with Crippen molar-refractivity contribution < 1.29 is 52.1 Å². The number of benzene rings is 1. The minimum absolute atomic E-state index is 0.0597. The summed E-state index contributed by atoms with van der Waals surface area (Å²) in [6.45, 7) is 2.45. The van der Waals surface area contributed by atoms with Crippen LogP contribution in [-0.4, -0.2) is 87.0 Å². The quantitative estimate of drug-likeness (QED) is 0.0827. The van der Waals surface area contributed by atoms with Gasteiger partial charge in [-0.25, -0.2) is 18.9 Å². The molecule has 15 heteroatoms. The maximum Gasteiger partial charge on any atom is 0.508 e. The van der Waals surface area contributed by atoms with E-state index in [1.54, 1.807) is 30.3 Å². The lowest BCUT2D eigenvalue weighted by Crippen LogP contribution is -2.48. The second-order valence-electron chi connectivity index (χ2n) is 7.67. The summed E-state index contributed by atoms with van der Waals surface area (Å²) in [5.74, 6) is -1.78. The minimum Gasteiger partial charge on any atom is -0.480 e. The first-order chi connectivity index (χ1) is 18.1. The van der Waals surface area contributed by atoms with E-state index in [2.05, 4.69) is 5.09 Å². The Hall–Kier alpha value is -3.35. The highest BCUT2D eigenvalue weighted by Gasteiger charge is 2.32. The van der Waals surface area contributed by atoms with Gasteiger partial charge in [-0.05, 0) is 18.4 Å². The fourth-order valence-electron chi connectivity index (χ4n) is 2.71. The standard InChI is InChI=1S/C23H36N3O11P/c1-4-11-32-22(29)34-13-15-36-38(31,37-16-14-35-23(30)33-12-5-2)25-21(24)26(3)19(20(27)28)17-18-9-7-6-8-10-18/h6-10,19H,4-5,11-17H2,1-3H3,(H,27,28)(H2,24,25,31). The van der Waals surface area contributed by atoms with E-state index in [-0.39, 0.29) is 32.8 Å². The third-order valence-electron chi connectivity index (χ3n) is 4.60. The van der Waals surface area contributed by atoms with Gasteiger partial charge in [-0.2, -0.15) is 0 Å². The second kappa shape index (κ2) is 18.0. The van der Waals surface area contributed by atoms with Crippen LogP contribution in [0.5, 0.6) is 0 Å². The molecule has 1 rings (SSSR count). The lowest BCUT2D eigenvalue weighted by Gasteiger charge is -2.29. The second-order valence-corrected chi connectivity index (χ2v) is 9.41. The van der Waals surface area contributed by atoms with E-state index in [1.807, 2.05) is 13.8 Å². The van der Waals surface area contributed by atoms with Gasteiger partial charge in [0.25, 0.3) is 0 Å². The van der Waals surface area contributed by atoms with Gasteiger partial charge >= 0.3 is 26.0 Å². The lowest BCUT2D eigenvalue weighted by molar-refractivity contribution is -0.141. The number of nitrogens with one attached hydrogen (secondary N) is 2. The van der Waals surface area contributed by atoms with E-state index in [0.29, 0.717) is 12.8 Å². The molecule has 0 saturated carbocycles. The van der Waals surface area contributed by atoms with Crippen molar-refractivity contribution in [1.82, 2.24) is 9.99 Å². The molecule has 1 aromatic carbocycles. The van der Waals surface area contributed by atoms with Crippen molar-refractivity contribution in [3.63, 3.8) is 0 Å². The molecule has 1 unspecified atom stereocenters. The predicted molar refractivity (Wildman–Crippen MR) is 135 cm³/mol. The number of hydrogen-bond donors (Lipinski definition) is 3. The molecule has 0 heterocycles. The van der Waals surface area contributed by atoms with Crippen molar-refractivity contribution in [1.29, 1.82) is 5.41 Å². The van der Waals surface area contributed by atoms with Crippen molar-refractivity contribution in [2.45, 2.75) is 39.2 Å². The van der Waals surface area contributed by atoms with Crippen LogP contribution in [0.2, 0.25) is 0 Å². The lowest BCUT2D eigenvalue weighted by atomic mass is 10.1. The molecule has 0 aliphatic heterocycles. The highest BCUT2D eigenvalue weighted by atomic mass is 31.2. The zero-order chi connectivity index (χ0) is 28.4. The summed E-state index contributed by atoms with van der Waals surface area (Å²) in [4.78, 5) is 35.9. The first-order valence-electron chi connectivity index (χ1n) is 12.0. The van der Waals surface area contributed by atoms with E-state index in [1.165, 1.54) is 7.05 Å². The predicted octanol–water partition coefficient (Wildman–Crippen LogP) is 3.41. The number of carbonyl (C=O) groups is 3. The van der Waals surface area contributed by atoms with Crippen LogP contribution in [0.4, 0.5) is 9.59 Å². The Balaban J connectivity index is 2.80. The van der Waals surface area contributed by atoms with Crippen molar-refractivity contribution in [3.05, 3.63) is 35.9 Å². The Morgan fingerprint density at radius 3 is 1.82 bits per heavy atom. The molecular weight excluding hydrogens is 525 g/mol. The molecule has 0 aromatic heterocycles. The molecule has 0 amide bonds. The summed E-state index contributed by atoms with van der Waals surface area (Å²) in [5, 5.41) is 20.3. The summed E-state index contributed by atoms with van der Waals surface area (Å²) in [6, 6.07) is 7.61. The molecule has 0 aliphatic rings. The van der Waals surface area contributed by atoms with Gasteiger partial charge in [-0.15, -0.1) is 0 Å². The van der Waals surface area contributed by atoms with Crippen molar-refractivity contribution >= 4 is 32.0 Å². The van der Waals surface area contributed by atoms with Crippen LogP contribution < -0.4 is 5.09 Å². The summed E-state index contributed by atoms with van der Waals surface area (Å²) >= 11 is 0. The first-order valence-corrected chi connectivity index (χ1v) is 13.5. The summed E-state index contributed by atoms with van der Waals surface area (Å²) in [7, 11) is -2.98. The number of nitrogens with zero attached hydrogens (tertiary/aromatic N) is 1. The Kier molecular flexibility index (Phi) is 15.5. The highest BCUT2D eigenvalue weighted by Crippen LogP contribution is 2.43. The van der Waals surface area contributed by atoms with Gasteiger partial charge in [-0.3, -0.25) is 19.5 Å². The summed E-state index contributed by atoms with van der Waals surface area (Å²) < 4.78 is 42.9. The number of ether oxygens (including phenoxy) is 4. The van der Waals surface area contributed by atoms with Crippen molar-refractivity contribution in [2.24, 2.45) is 0 Å². The van der Waals surface area contributed by atoms with E-state index < -0.39 is 51.2 Å². The zero-order valence-corrected chi connectivity index (χ0v) is 22.6. The van der Waals surface area contributed by atoms with Crippen molar-refractivity contribution in [3.8, 4) is 0 Å². The monoisotopic (exact) mass is 561 g/mol. The Labute approximate surface area is 221 Å². The molecular formula is C23H36N3O11P. The molecule has 14 nitrogen and oxygen atoms in total. The van der Waals surface area contributed by atoms with Crippen LogP contribution in [0.1, 0.15) is 32.3 Å². The van der Waals surface area contributed by atoms with Gasteiger partial charge in [0, 0.05) is 13.5 Å². The fraction of sp³-hybridized carbons (Fsp3) is 0.565. The molecule has 3 N–H and O–H groups in total. The third-order valence-corrected chi connectivity index (χ3v) is 6.13. The van der Waals surface area contributed by atoms with Crippen LogP contribution in [0.3, 0.4) is 0 Å². The average molecular weight is 562 g/mol. The number of guanidine groups is 1. The first kappa shape index (κ1) is 32.7. The normalized spacial score (nSPS) is 11.7. The van der Waals surface area contributed by atoms with Gasteiger partial charge < -0.3 is 29.0 Å². The van der Waals surface area contributed by atoms with Crippen LogP contribution in [0.25, 0.3) is 0 Å². The van der Waals surface area contributed by atoms with Crippen LogP contribution in [-0.2, 0) is 43.8 Å². The Morgan fingerprint density at radius 2 is 1.37 bits per heavy atom. The zero-order valence-electron chi connectivity index (χ0n) is 21.8. The SMILES string of the molecule is CCCOC(=O)OCCOP(=O)(NC(=N)N(C)C(Cc1ccccc1)C(=O)O)OCCOC(=O)OCCC. The number of likely N-dealkylation sites (N-methyl/N-ethyl adjacent to an activating group) is 1. The molecule has 1 aromatic rings. The summed E-state index contributed by atoms with van der Waals surface area (Å²) in [6.07, 6.45) is -0.607. The number of carboxylic acid groups (broad SMARTS) is 1. The molecule has 1 atom stereocenters. The molecule has 0 radical (unpaired) electrons. The van der Waals surface area contributed by atoms with Gasteiger partial charge in [0.2, 0.25) is 5.96 Å². The third kappa shape index (κ3) is 13.3. The molecule has 0 fully saturated rings. The van der Waals surface area contributed by atoms with Crippen LogP contribution >= 0.6 is 7.75 Å². The minimum atomic E-state index is -4.32. The highest BCUT2D eigenvalue weighted by molar-refractivity contribution is 7.52. The summed E-state index contributed by atoms with van der Waals surface area (Å²) in [5.41, 5.74) is 0.717. The van der Waals surface area contributed by atoms with Gasteiger partial charge in [-0.1, -0.05) is 44.2 Å². The smallest absolute Gasteiger partial charge is 0.480 e. The van der Waals surface area contributed by atoms with Crippen LogP contribution in [0, 0.1) is 5.41 Å². The van der Waals surface area contributed by atoms with Crippen molar-refractivity contribution in [2.75, 3.05) is 46.7 Å². The molecule has 0 spiro atoms. The number of rotatable bonds is 17. The Morgan fingerprint density at radius 1 is 0.895 bits per heavy atom. The van der Waals surface area contributed by atoms with E-state index in [9.17, 15) is 24.1 Å². The maximum atomic E-state index is 13.3. The molecule has 0 aliphatic carbocycles. The number of carbonyl (C=O) groups excluding carboxylic acids is 2. The number of hydrogen-bond acceptors (Lipinski definition) is 11. The van der Waals surface area contributed by atoms with Gasteiger partial charge in [0.1, 0.15) is 19.3 Å². The molecule has 214 valence electrons. The maximum absolute atomic E-state index is 13.3. The van der Waals surface area contributed by atoms with Crippen LogP contribution in [0.15, 0.2) is 30.3 Å². The molecule has 0 bridgehead atoms. The largest absolute Gasteiger partial charge is 0.508 e. The number of carboxylic acids is 1. The van der Waals surface area contributed by atoms with E-state index in [0.717, 1.165) is 10.5 Å². The van der Waals surface area contributed by atoms with Gasteiger partial charge in [0.05, 0.1) is 26.4 Å². The Bertz CT molecular complexity index is 900. The molecule has 0 saturated heterocycles. The fourth-order valence-corrected chi connectivity index (χ4v) is 3.96. The average Bonchev–Trinajstić information content (AvgIpc) is 2.89.